The molecule has 1 aliphatic carbocycles. The summed E-state index contributed by atoms with van der Waals surface area (Å²) in [6.07, 6.45) is 4.14. The summed E-state index contributed by atoms with van der Waals surface area (Å²) in [6.45, 7) is 2.06. The number of nitrogens with zero attached hydrogens (tertiary/aromatic N) is 1. The second-order valence-corrected chi connectivity index (χ2v) is 5.60. The number of nitrogens with two attached hydrogens (primary N) is 1. The number of hydrogen-bond acceptors (Lipinski definition) is 3. The lowest BCUT2D eigenvalue weighted by molar-refractivity contribution is 0.477. The van der Waals surface area contributed by atoms with Crippen LogP contribution in [0.1, 0.15) is 40.6 Å². The molecule has 1 aromatic carbocycles. The molecular formula is C17H21N3. The minimum absolute atomic E-state index is 0.228. The second kappa shape index (κ2) is 5.25. The number of fused-ring (bicyclic) bond motifs is 1. The van der Waals surface area contributed by atoms with E-state index in [4.69, 9.17) is 5.73 Å². The highest BCUT2D eigenvalue weighted by Crippen LogP contribution is 2.42. The van der Waals surface area contributed by atoms with E-state index in [1.54, 1.807) is 0 Å². The molecule has 0 saturated heterocycles. The largest absolute Gasteiger partial charge is 0.383 e. The zero-order valence-electron chi connectivity index (χ0n) is 12.1. The molecule has 0 spiro atoms. The Kier molecular flexibility index (Phi) is 3.45. The molecule has 2 unspecified atom stereocenters. The average Bonchev–Trinajstić information content (AvgIpc) is 2.88. The Bertz CT molecular complexity index is 621. The van der Waals surface area contributed by atoms with Gasteiger partial charge in [-0.15, -0.1) is 0 Å². The molecule has 2 aromatic rings. The Hall–Kier alpha value is -1.87. The molecule has 0 aliphatic heterocycles. The summed E-state index contributed by atoms with van der Waals surface area (Å²) >= 11 is 0. The molecule has 20 heavy (non-hydrogen) atoms. The highest BCUT2D eigenvalue weighted by molar-refractivity contribution is 5.46. The molecule has 104 valence electrons. The van der Waals surface area contributed by atoms with Crippen molar-refractivity contribution >= 4 is 5.82 Å². The molecule has 0 amide bonds. The van der Waals surface area contributed by atoms with Crippen LogP contribution in [0.3, 0.4) is 0 Å². The van der Waals surface area contributed by atoms with Crippen LogP contribution in [0.25, 0.3) is 0 Å². The molecule has 3 heteroatoms. The fraction of sp³-hybridized carbons (Fsp3) is 0.353. The predicted octanol–water partition coefficient (Wildman–Crippen LogP) is 2.96. The number of benzene rings is 1. The van der Waals surface area contributed by atoms with E-state index in [0.29, 0.717) is 11.7 Å². The van der Waals surface area contributed by atoms with E-state index in [2.05, 4.69) is 47.6 Å². The first-order valence-electron chi connectivity index (χ1n) is 7.18. The predicted molar refractivity (Wildman–Crippen MR) is 82.7 cm³/mol. The molecule has 3 N–H and O–H groups in total. The Labute approximate surface area is 120 Å². The number of pyridine rings is 1. The minimum Gasteiger partial charge on any atom is -0.383 e. The fourth-order valence-electron chi connectivity index (χ4n) is 3.36. The van der Waals surface area contributed by atoms with Crippen molar-refractivity contribution in [1.82, 2.24) is 10.3 Å². The normalized spacial score (nSPS) is 18.8. The van der Waals surface area contributed by atoms with Crippen molar-refractivity contribution in [3.63, 3.8) is 0 Å². The van der Waals surface area contributed by atoms with E-state index in [1.165, 1.54) is 11.1 Å². The summed E-state index contributed by atoms with van der Waals surface area (Å²) in [5, 5.41) is 3.45. The molecule has 3 rings (SSSR count). The van der Waals surface area contributed by atoms with Crippen molar-refractivity contribution < 1.29 is 0 Å². The number of nitrogen functional groups attached to an aromatic ring is 1. The number of nitrogens with one attached hydrogen (secondary N) is 1. The van der Waals surface area contributed by atoms with Gasteiger partial charge in [0.2, 0.25) is 0 Å². The molecule has 0 fully saturated rings. The third-order valence-corrected chi connectivity index (χ3v) is 4.31. The van der Waals surface area contributed by atoms with Crippen LogP contribution in [0.4, 0.5) is 5.82 Å². The minimum atomic E-state index is 0.228. The van der Waals surface area contributed by atoms with Crippen molar-refractivity contribution in [2.24, 2.45) is 0 Å². The van der Waals surface area contributed by atoms with Gasteiger partial charge in [0.15, 0.2) is 0 Å². The molecule has 2 atom stereocenters. The van der Waals surface area contributed by atoms with Gasteiger partial charge >= 0.3 is 0 Å². The van der Waals surface area contributed by atoms with Gasteiger partial charge in [-0.05, 0) is 49.6 Å². The van der Waals surface area contributed by atoms with E-state index < -0.39 is 0 Å². The third-order valence-electron chi connectivity index (χ3n) is 4.31. The Morgan fingerprint density at radius 1 is 1.35 bits per heavy atom. The molecule has 1 aromatic heterocycles. The first-order chi connectivity index (χ1) is 9.70. The molecule has 0 bridgehead atoms. The number of anilines is 1. The van der Waals surface area contributed by atoms with Gasteiger partial charge in [0.05, 0.1) is 0 Å². The van der Waals surface area contributed by atoms with Gasteiger partial charge in [-0.25, -0.2) is 4.98 Å². The lowest BCUT2D eigenvalue weighted by Gasteiger charge is -2.25. The number of aryl methyl sites for hydroxylation is 2. The molecule has 0 saturated carbocycles. The summed E-state index contributed by atoms with van der Waals surface area (Å²) in [5.41, 5.74) is 11.3. The molecule has 0 radical (unpaired) electrons. The Balaban J connectivity index is 2.01. The fourth-order valence-corrected chi connectivity index (χ4v) is 3.36. The summed E-state index contributed by atoms with van der Waals surface area (Å²) < 4.78 is 0. The molecule has 1 heterocycles. The van der Waals surface area contributed by atoms with Crippen LogP contribution in [0.5, 0.6) is 0 Å². The van der Waals surface area contributed by atoms with Crippen LogP contribution in [0, 0.1) is 6.92 Å². The van der Waals surface area contributed by atoms with E-state index in [-0.39, 0.29) is 6.04 Å². The summed E-state index contributed by atoms with van der Waals surface area (Å²) in [7, 11) is 2.01. The summed E-state index contributed by atoms with van der Waals surface area (Å²) in [4.78, 5) is 4.31. The highest BCUT2D eigenvalue weighted by Gasteiger charge is 2.30. The van der Waals surface area contributed by atoms with Crippen molar-refractivity contribution in [2.45, 2.75) is 31.7 Å². The third kappa shape index (κ3) is 2.18. The molecular weight excluding hydrogens is 246 g/mol. The summed E-state index contributed by atoms with van der Waals surface area (Å²) in [6, 6.07) is 11.1. The van der Waals surface area contributed by atoms with Gasteiger partial charge < -0.3 is 11.1 Å². The number of rotatable bonds is 3. The lowest BCUT2D eigenvalue weighted by atomic mass is 9.88. The smallest absolute Gasteiger partial charge is 0.128 e. The first-order valence-corrected chi connectivity index (χ1v) is 7.18. The zero-order valence-corrected chi connectivity index (χ0v) is 12.1. The van der Waals surface area contributed by atoms with Gasteiger partial charge in [0.25, 0.3) is 0 Å². The number of likely N-dealkylation sites (N-methyl/N-ethyl adjacent to an activating group) is 1. The second-order valence-electron chi connectivity index (χ2n) is 5.60. The molecule has 1 aliphatic rings. The molecule has 3 nitrogen and oxygen atoms in total. The topological polar surface area (TPSA) is 50.9 Å². The van der Waals surface area contributed by atoms with E-state index in [9.17, 15) is 0 Å². The lowest BCUT2D eigenvalue weighted by Crippen LogP contribution is -2.24. The van der Waals surface area contributed by atoms with Gasteiger partial charge in [0.1, 0.15) is 5.82 Å². The Morgan fingerprint density at radius 2 is 2.15 bits per heavy atom. The van der Waals surface area contributed by atoms with Crippen LogP contribution >= 0.6 is 0 Å². The first kappa shape index (κ1) is 13.1. The van der Waals surface area contributed by atoms with Gasteiger partial charge in [0, 0.05) is 23.7 Å². The summed E-state index contributed by atoms with van der Waals surface area (Å²) in [5.74, 6) is 1.11. The maximum absolute atomic E-state index is 6.10. The monoisotopic (exact) mass is 267 g/mol. The zero-order chi connectivity index (χ0) is 14.1. The van der Waals surface area contributed by atoms with Crippen LogP contribution in [0.2, 0.25) is 0 Å². The maximum atomic E-state index is 6.10. The van der Waals surface area contributed by atoms with Gasteiger partial charge in [-0.3, -0.25) is 0 Å². The van der Waals surface area contributed by atoms with Crippen LogP contribution in [0.15, 0.2) is 36.5 Å². The maximum Gasteiger partial charge on any atom is 0.128 e. The van der Waals surface area contributed by atoms with E-state index >= 15 is 0 Å². The van der Waals surface area contributed by atoms with E-state index in [1.807, 2.05) is 13.2 Å². The quantitative estimate of drug-likeness (QED) is 0.899. The average molecular weight is 267 g/mol. The van der Waals surface area contributed by atoms with Gasteiger partial charge in [-0.2, -0.15) is 0 Å². The van der Waals surface area contributed by atoms with Crippen molar-refractivity contribution in [3.8, 4) is 0 Å². The van der Waals surface area contributed by atoms with Crippen LogP contribution in [-0.2, 0) is 6.42 Å². The number of aromatic nitrogens is 1. The highest BCUT2D eigenvalue weighted by atomic mass is 14.9. The van der Waals surface area contributed by atoms with Gasteiger partial charge in [-0.1, -0.05) is 24.3 Å². The number of hydrogen-bond donors (Lipinski definition) is 2. The van der Waals surface area contributed by atoms with Crippen molar-refractivity contribution in [1.29, 1.82) is 0 Å². The standard InChI is InChI=1S/C17H21N3/c1-11-9-15(17(18)20-10-11)16(19-2)14-8-7-12-5-3-4-6-13(12)14/h3-6,9-10,14,16,19H,7-8H2,1-2H3,(H2,18,20). The van der Waals surface area contributed by atoms with E-state index in [0.717, 1.165) is 24.0 Å². The Morgan fingerprint density at radius 3 is 2.95 bits per heavy atom. The van der Waals surface area contributed by atoms with Crippen LogP contribution < -0.4 is 11.1 Å². The van der Waals surface area contributed by atoms with Crippen molar-refractivity contribution in [3.05, 3.63) is 58.8 Å². The van der Waals surface area contributed by atoms with Crippen LogP contribution in [-0.4, -0.2) is 12.0 Å². The SMILES string of the molecule is CNC(c1cc(C)cnc1N)C1CCc2ccccc21. The van der Waals surface area contributed by atoms with Crippen molar-refractivity contribution in [2.75, 3.05) is 12.8 Å².